The highest BCUT2D eigenvalue weighted by Gasteiger charge is 2.10. The first-order valence-electron chi connectivity index (χ1n) is 7.84. The maximum Gasteiger partial charge on any atom is 0.0474 e. The first-order valence-corrected chi connectivity index (χ1v) is 8.22. The Morgan fingerprint density at radius 3 is 2.48 bits per heavy atom. The van der Waals surface area contributed by atoms with Crippen molar-refractivity contribution in [3.05, 3.63) is 28.8 Å². The van der Waals surface area contributed by atoms with E-state index in [1.54, 1.807) is 0 Å². The highest BCUT2D eigenvalue weighted by molar-refractivity contribution is 6.31. The highest BCUT2D eigenvalue weighted by Crippen LogP contribution is 2.27. The average Bonchev–Trinajstić information content (AvgIpc) is 2.44. The minimum atomic E-state index is 0.297. The van der Waals surface area contributed by atoms with Crippen LogP contribution in [0.3, 0.4) is 0 Å². The zero-order valence-electron chi connectivity index (χ0n) is 14.1. The van der Waals surface area contributed by atoms with Gasteiger partial charge in [-0.05, 0) is 64.6 Å². The molecule has 0 aliphatic rings. The Hall–Kier alpha value is -0.770. The number of nitrogens with one attached hydrogen (secondary N) is 1. The number of benzene rings is 1. The molecule has 0 aliphatic heterocycles. The maximum atomic E-state index is 6.46. The van der Waals surface area contributed by atoms with Crippen molar-refractivity contribution in [3.8, 4) is 0 Å². The molecule has 0 saturated heterocycles. The normalized spacial score (nSPS) is 12.7. The van der Waals surface area contributed by atoms with Gasteiger partial charge < -0.3 is 15.1 Å². The van der Waals surface area contributed by atoms with E-state index < -0.39 is 0 Å². The molecule has 0 heterocycles. The molecule has 1 unspecified atom stereocenters. The third-order valence-corrected chi connectivity index (χ3v) is 4.02. The molecule has 0 saturated carbocycles. The van der Waals surface area contributed by atoms with E-state index in [4.69, 9.17) is 11.6 Å². The first kappa shape index (κ1) is 18.3. The fourth-order valence-corrected chi connectivity index (χ4v) is 2.67. The minimum absolute atomic E-state index is 0.297. The van der Waals surface area contributed by atoms with Gasteiger partial charge in [0.05, 0.1) is 0 Å². The summed E-state index contributed by atoms with van der Waals surface area (Å²) in [6, 6.07) is 6.69. The van der Waals surface area contributed by atoms with Crippen LogP contribution in [0.25, 0.3) is 0 Å². The van der Waals surface area contributed by atoms with Crippen molar-refractivity contribution < 1.29 is 0 Å². The lowest BCUT2D eigenvalue weighted by atomic mass is 10.1. The molecule has 1 N–H and O–H groups in total. The monoisotopic (exact) mass is 311 g/mol. The Bertz CT molecular complexity index is 420. The van der Waals surface area contributed by atoms with E-state index in [0.29, 0.717) is 6.04 Å². The van der Waals surface area contributed by atoms with E-state index in [0.717, 1.165) is 37.5 Å². The van der Waals surface area contributed by atoms with Gasteiger partial charge in [0.15, 0.2) is 0 Å². The molecule has 21 heavy (non-hydrogen) atoms. The highest BCUT2D eigenvalue weighted by atomic mass is 35.5. The summed E-state index contributed by atoms with van der Waals surface area (Å²) in [4.78, 5) is 4.48. The third-order valence-electron chi connectivity index (χ3n) is 3.69. The van der Waals surface area contributed by atoms with Gasteiger partial charge in [-0.15, -0.1) is 0 Å². The molecule has 0 amide bonds. The predicted molar refractivity (Wildman–Crippen MR) is 94.6 cm³/mol. The summed E-state index contributed by atoms with van der Waals surface area (Å²) in [6.45, 7) is 7.50. The summed E-state index contributed by atoms with van der Waals surface area (Å²) in [7, 11) is 6.34. The Morgan fingerprint density at radius 1 is 1.19 bits per heavy atom. The van der Waals surface area contributed by atoms with Crippen LogP contribution in [0.15, 0.2) is 18.2 Å². The second-order valence-electron chi connectivity index (χ2n) is 5.96. The molecule has 0 aliphatic carbocycles. The number of rotatable bonds is 9. The quantitative estimate of drug-likeness (QED) is 0.748. The summed E-state index contributed by atoms with van der Waals surface area (Å²) in [5.74, 6) is 0. The first-order chi connectivity index (χ1) is 9.95. The molecular formula is C17H30ClN3. The Balaban J connectivity index is 2.64. The Kier molecular flexibility index (Phi) is 8.09. The molecule has 1 rings (SSSR count). The van der Waals surface area contributed by atoms with Crippen molar-refractivity contribution in [1.82, 2.24) is 10.2 Å². The van der Waals surface area contributed by atoms with Crippen molar-refractivity contribution in [3.63, 3.8) is 0 Å². The molecule has 0 radical (unpaired) electrons. The van der Waals surface area contributed by atoms with Crippen LogP contribution in [-0.2, 0) is 0 Å². The number of halogens is 1. The average molecular weight is 312 g/mol. The molecule has 0 aromatic heterocycles. The van der Waals surface area contributed by atoms with Crippen molar-refractivity contribution >= 4 is 17.3 Å². The molecule has 0 bridgehead atoms. The van der Waals surface area contributed by atoms with Crippen molar-refractivity contribution in [1.29, 1.82) is 0 Å². The van der Waals surface area contributed by atoms with Gasteiger partial charge in [0.1, 0.15) is 0 Å². The molecular weight excluding hydrogens is 282 g/mol. The number of anilines is 1. The number of hydrogen-bond donors (Lipinski definition) is 1. The van der Waals surface area contributed by atoms with Crippen LogP contribution in [0, 0.1) is 0 Å². The summed E-state index contributed by atoms with van der Waals surface area (Å²) in [5.41, 5.74) is 2.36. The Labute approximate surface area is 135 Å². The van der Waals surface area contributed by atoms with E-state index in [2.05, 4.69) is 68.3 Å². The summed E-state index contributed by atoms with van der Waals surface area (Å²) in [6.07, 6.45) is 2.28. The van der Waals surface area contributed by atoms with Crippen molar-refractivity contribution in [2.45, 2.75) is 32.7 Å². The van der Waals surface area contributed by atoms with Gasteiger partial charge in [0, 0.05) is 30.3 Å². The van der Waals surface area contributed by atoms with Gasteiger partial charge in [0.2, 0.25) is 0 Å². The van der Waals surface area contributed by atoms with Crippen LogP contribution in [0.4, 0.5) is 5.69 Å². The van der Waals surface area contributed by atoms with Gasteiger partial charge in [-0.2, -0.15) is 0 Å². The van der Waals surface area contributed by atoms with Crippen molar-refractivity contribution in [2.75, 3.05) is 45.7 Å². The number of nitrogens with zero attached hydrogens (tertiary/aromatic N) is 2. The van der Waals surface area contributed by atoms with Crippen LogP contribution in [0.5, 0.6) is 0 Å². The van der Waals surface area contributed by atoms with E-state index >= 15 is 0 Å². The SMILES string of the molecule is CCCNC(C)c1ccc(N(C)CCCN(C)C)cc1Cl. The van der Waals surface area contributed by atoms with Crippen molar-refractivity contribution in [2.24, 2.45) is 0 Å². The zero-order chi connectivity index (χ0) is 15.8. The number of hydrogen-bond acceptors (Lipinski definition) is 3. The second kappa shape index (κ2) is 9.29. The van der Waals surface area contributed by atoms with Crippen LogP contribution in [-0.4, -0.2) is 45.7 Å². The van der Waals surface area contributed by atoms with Crippen LogP contribution in [0.2, 0.25) is 5.02 Å². The molecule has 1 aromatic rings. The third kappa shape index (κ3) is 6.25. The van der Waals surface area contributed by atoms with Gasteiger partial charge in [-0.1, -0.05) is 24.6 Å². The summed E-state index contributed by atoms with van der Waals surface area (Å²) < 4.78 is 0. The van der Waals surface area contributed by atoms with E-state index in [9.17, 15) is 0 Å². The van der Waals surface area contributed by atoms with Gasteiger partial charge in [0.25, 0.3) is 0 Å². The lowest BCUT2D eigenvalue weighted by Gasteiger charge is -2.22. The van der Waals surface area contributed by atoms with Crippen LogP contribution < -0.4 is 10.2 Å². The summed E-state index contributed by atoms with van der Waals surface area (Å²) >= 11 is 6.46. The van der Waals surface area contributed by atoms with Gasteiger partial charge in [-0.3, -0.25) is 0 Å². The fraction of sp³-hybridized carbons (Fsp3) is 0.647. The van der Waals surface area contributed by atoms with Crippen LogP contribution in [0.1, 0.15) is 38.3 Å². The lowest BCUT2D eigenvalue weighted by Crippen LogP contribution is -2.23. The fourth-order valence-electron chi connectivity index (χ4n) is 2.33. The lowest BCUT2D eigenvalue weighted by molar-refractivity contribution is 0.401. The van der Waals surface area contributed by atoms with E-state index in [-0.39, 0.29) is 0 Å². The second-order valence-corrected chi connectivity index (χ2v) is 6.37. The molecule has 0 fully saturated rings. The molecule has 0 spiro atoms. The molecule has 3 nitrogen and oxygen atoms in total. The smallest absolute Gasteiger partial charge is 0.0474 e. The molecule has 1 aromatic carbocycles. The molecule has 120 valence electrons. The van der Waals surface area contributed by atoms with Crippen LogP contribution >= 0.6 is 11.6 Å². The van der Waals surface area contributed by atoms with Gasteiger partial charge >= 0.3 is 0 Å². The zero-order valence-corrected chi connectivity index (χ0v) is 14.9. The minimum Gasteiger partial charge on any atom is -0.375 e. The topological polar surface area (TPSA) is 18.5 Å². The Morgan fingerprint density at radius 2 is 1.90 bits per heavy atom. The summed E-state index contributed by atoms with van der Waals surface area (Å²) in [5, 5.41) is 4.33. The standard InChI is InChI=1S/C17H30ClN3/c1-6-10-19-14(2)16-9-8-15(13-17(16)18)21(5)12-7-11-20(3)4/h8-9,13-14,19H,6-7,10-12H2,1-5H3. The molecule has 1 atom stereocenters. The maximum absolute atomic E-state index is 6.46. The van der Waals surface area contributed by atoms with Gasteiger partial charge in [-0.25, -0.2) is 0 Å². The van der Waals surface area contributed by atoms with E-state index in [1.807, 2.05) is 0 Å². The molecule has 4 heteroatoms. The predicted octanol–water partition coefficient (Wildman–Crippen LogP) is 3.79. The largest absolute Gasteiger partial charge is 0.375 e. The van der Waals surface area contributed by atoms with E-state index in [1.165, 1.54) is 11.3 Å².